The molecule has 216 valence electrons. The number of nitrogens with zero attached hydrogens (tertiary/aromatic N) is 2. The molecule has 0 saturated carbocycles. The van der Waals surface area contributed by atoms with Gasteiger partial charge in [-0.25, -0.2) is 4.98 Å². The lowest BCUT2D eigenvalue weighted by atomic mass is 9.87. The van der Waals surface area contributed by atoms with Gasteiger partial charge in [-0.3, -0.25) is 4.57 Å². The summed E-state index contributed by atoms with van der Waals surface area (Å²) in [5, 5.41) is 7.30. The molecule has 0 N–H and O–H groups in total. The molecule has 1 heterocycles. The molecule has 0 bridgehead atoms. The lowest BCUT2D eigenvalue weighted by Crippen LogP contribution is -1.99. The van der Waals surface area contributed by atoms with Crippen LogP contribution in [0.4, 0.5) is 0 Å². The van der Waals surface area contributed by atoms with Crippen LogP contribution in [0, 0.1) is 6.92 Å². The van der Waals surface area contributed by atoms with E-state index in [1.54, 1.807) is 0 Å². The van der Waals surface area contributed by atoms with E-state index in [9.17, 15) is 0 Å². The summed E-state index contributed by atoms with van der Waals surface area (Å²) in [6.07, 6.45) is 0. The maximum atomic E-state index is 5.30. The van der Waals surface area contributed by atoms with Gasteiger partial charge in [0.1, 0.15) is 5.82 Å². The molecule has 9 aromatic rings. The first-order valence-corrected chi connectivity index (χ1v) is 15.8. The Morgan fingerprint density at radius 3 is 1.63 bits per heavy atom. The van der Waals surface area contributed by atoms with Crippen LogP contribution in [0.3, 0.4) is 0 Å². The van der Waals surface area contributed by atoms with Crippen molar-refractivity contribution in [1.82, 2.24) is 9.55 Å². The van der Waals surface area contributed by atoms with Gasteiger partial charge in [-0.2, -0.15) is 0 Å². The van der Waals surface area contributed by atoms with Crippen molar-refractivity contribution in [1.29, 1.82) is 0 Å². The Balaban J connectivity index is 1.30. The zero-order valence-corrected chi connectivity index (χ0v) is 25.5. The van der Waals surface area contributed by atoms with E-state index in [0.29, 0.717) is 0 Å². The first-order valence-electron chi connectivity index (χ1n) is 15.8. The molecule has 8 aromatic carbocycles. The van der Waals surface area contributed by atoms with Crippen molar-refractivity contribution in [3.63, 3.8) is 0 Å². The predicted octanol–water partition coefficient (Wildman–Crippen LogP) is 11.8. The molecule has 0 radical (unpaired) electrons. The summed E-state index contributed by atoms with van der Waals surface area (Å²) in [6.45, 7) is 2.13. The van der Waals surface area contributed by atoms with Gasteiger partial charge in [-0.1, -0.05) is 133 Å². The highest BCUT2D eigenvalue weighted by atomic mass is 15.1. The topological polar surface area (TPSA) is 17.8 Å². The summed E-state index contributed by atoms with van der Waals surface area (Å²) in [6, 6.07) is 59.1. The molecule has 9 rings (SSSR count). The number of imidazole rings is 1. The van der Waals surface area contributed by atoms with Gasteiger partial charge in [0.2, 0.25) is 0 Å². The second-order valence-electron chi connectivity index (χ2n) is 12.1. The zero-order chi connectivity index (χ0) is 30.6. The van der Waals surface area contributed by atoms with Gasteiger partial charge in [-0.05, 0) is 97.9 Å². The SMILES string of the molecule is Cc1ccc(-c2ccc3cc(-c4c5ccccc5c(-c5nc6ccccc6n5-c5ccccc5)c5ccccc45)ccc3c2)cc1. The average Bonchev–Trinajstić information content (AvgIpc) is 3.50. The zero-order valence-electron chi connectivity index (χ0n) is 25.5. The molecule has 2 heteroatoms. The minimum Gasteiger partial charge on any atom is -0.292 e. The van der Waals surface area contributed by atoms with Crippen LogP contribution in [-0.4, -0.2) is 9.55 Å². The number of para-hydroxylation sites is 3. The van der Waals surface area contributed by atoms with Crippen LogP contribution in [0.2, 0.25) is 0 Å². The number of rotatable bonds is 4. The van der Waals surface area contributed by atoms with E-state index in [1.807, 2.05) is 0 Å². The van der Waals surface area contributed by atoms with E-state index in [0.717, 1.165) is 28.1 Å². The molecule has 0 unspecified atom stereocenters. The van der Waals surface area contributed by atoms with Crippen LogP contribution in [0.25, 0.3) is 82.7 Å². The number of aryl methyl sites for hydroxylation is 1. The molecule has 0 amide bonds. The summed E-state index contributed by atoms with van der Waals surface area (Å²) < 4.78 is 2.31. The van der Waals surface area contributed by atoms with Crippen molar-refractivity contribution in [3.05, 3.63) is 169 Å². The van der Waals surface area contributed by atoms with Gasteiger partial charge in [0.15, 0.2) is 0 Å². The molecule has 1 aromatic heterocycles. The van der Waals surface area contributed by atoms with Crippen LogP contribution in [-0.2, 0) is 0 Å². The number of hydrogen-bond donors (Lipinski definition) is 0. The van der Waals surface area contributed by atoms with Gasteiger partial charge >= 0.3 is 0 Å². The third kappa shape index (κ3) is 4.22. The average molecular weight is 587 g/mol. The minimum absolute atomic E-state index is 0.952. The number of aromatic nitrogens is 2. The van der Waals surface area contributed by atoms with Crippen LogP contribution in [0.1, 0.15) is 5.56 Å². The molecule has 0 atom stereocenters. The predicted molar refractivity (Wildman–Crippen MR) is 195 cm³/mol. The van der Waals surface area contributed by atoms with E-state index in [4.69, 9.17) is 4.98 Å². The number of hydrogen-bond acceptors (Lipinski definition) is 1. The summed E-state index contributed by atoms with van der Waals surface area (Å²) in [7, 11) is 0. The maximum Gasteiger partial charge on any atom is 0.146 e. The molecule has 46 heavy (non-hydrogen) atoms. The quantitative estimate of drug-likeness (QED) is 0.188. The lowest BCUT2D eigenvalue weighted by molar-refractivity contribution is 1.11. The van der Waals surface area contributed by atoms with Crippen LogP contribution in [0.15, 0.2) is 164 Å². The van der Waals surface area contributed by atoms with Gasteiger partial charge < -0.3 is 0 Å². The lowest BCUT2D eigenvalue weighted by Gasteiger charge is -2.18. The fraction of sp³-hybridized carbons (Fsp3) is 0.0227. The Morgan fingerprint density at radius 2 is 0.957 bits per heavy atom. The second-order valence-corrected chi connectivity index (χ2v) is 12.1. The molecular weight excluding hydrogens is 556 g/mol. The summed E-state index contributed by atoms with van der Waals surface area (Å²) in [5.74, 6) is 0.952. The van der Waals surface area contributed by atoms with Crippen molar-refractivity contribution >= 4 is 43.4 Å². The second kappa shape index (κ2) is 10.6. The molecule has 0 aliphatic rings. The Kier molecular flexibility index (Phi) is 6.07. The number of benzene rings is 8. The highest BCUT2D eigenvalue weighted by Gasteiger charge is 2.22. The fourth-order valence-electron chi connectivity index (χ4n) is 7.04. The van der Waals surface area contributed by atoms with Crippen molar-refractivity contribution in [2.75, 3.05) is 0 Å². The Hall–Kier alpha value is -5.99. The minimum atomic E-state index is 0.952. The molecule has 0 spiro atoms. The van der Waals surface area contributed by atoms with Crippen molar-refractivity contribution < 1.29 is 0 Å². The van der Waals surface area contributed by atoms with Gasteiger partial charge in [0, 0.05) is 11.3 Å². The van der Waals surface area contributed by atoms with E-state index >= 15 is 0 Å². The molecule has 0 aliphatic carbocycles. The van der Waals surface area contributed by atoms with Crippen LogP contribution in [0.5, 0.6) is 0 Å². The number of fused-ring (bicyclic) bond motifs is 4. The molecule has 0 fully saturated rings. The highest BCUT2D eigenvalue weighted by molar-refractivity contribution is 6.21. The summed E-state index contributed by atoms with van der Waals surface area (Å²) in [4.78, 5) is 5.30. The first kappa shape index (κ1) is 26.4. The van der Waals surface area contributed by atoms with Crippen molar-refractivity contribution in [2.45, 2.75) is 6.92 Å². The summed E-state index contributed by atoms with van der Waals surface area (Å²) >= 11 is 0. The molecule has 0 aliphatic heterocycles. The van der Waals surface area contributed by atoms with E-state index in [1.165, 1.54) is 60.1 Å². The van der Waals surface area contributed by atoms with Crippen LogP contribution >= 0.6 is 0 Å². The molecule has 0 saturated heterocycles. The largest absolute Gasteiger partial charge is 0.292 e. The van der Waals surface area contributed by atoms with E-state index in [-0.39, 0.29) is 0 Å². The van der Waals surface area contributed by atoms with E-state index in [2.05, 4.69) is 175 Å². The monoisotopic (exact) mass is 586 g/mol. The standard InChI is InChI=1S/C44H30N2/c1-29-19-21-30(22-20-29)31-23-24-33-28-34(26-25-32(33)27-31)42-36-13-5-7-15-38(36)43(39-16-8-6-14-37(39)42)44-45-40-17-9-10-18-41(40)46(44)35-11-3-2-4-12-35/h2-28H,1H3. The van der Waals surface area contributed by atoms with Gasteiger partial charge in [0.25, 0.3) is 0 Å². The first-order chi connectivity index (χ1) is 22.7. The Labute approximate surface area is 267 Å². The third-order valence-corrected chi connectivity index (χ3v) is 9.24. The fourth-order valence-corrected chi connectivity index (χ4v) is 7.04. The smallest absolute Gasteiger partial charge is 0.146 e. The van der Waals surface area contributed by atoms with Gasteiger partial charge in [-0.15, -0.1) is 0 Å². The van der Waals surface area contributed by atoms with Crippen LogP contribution < -0.4 is 0 Å². The third-order valence-electron chi connectivity index (χ3n) is 9.24. The summed E-state index contributed by atoms with van der Waals surface area (Å²) in [5.41, 5.74) is 10.6. The van der Waals surface area contributed by atoms with E-state index < -0.39 is 0 Å². The molecule has 2 nitrogen and oxygen atoms in total. The Bertz CT molecular complexity index is 2520. The van der Waals surface area contributed by atoms with Crippen molar-refractivity contribution in [2.24, 2.45) is 0 Å². The molecular formula is C44H30N2. The van der Waals surface area contributed by atoms with Crippen molar-refractivity contribution in [3.8, 4) is 39.3 Å². The highest BCUT2D eigenvalue weighted by Crippen LogP contribution is 2.45. The van der Waals surface area contributed by atoms with Gasteiger partial charge in [0.05, 0.1) is 11.0 Å². The Morgan fingerprint density at radius 1 is 0.435 bits per heavy atom. The normalized spacial score (nSPS) is 11.6. The maximum absolute atomic E-state index is 5.30.